The summed E-state index contributed by atoms with van der Waals surface area (Å²) in [5, 5.41) is 12.0. The topological polar surface area (TPSA) is 57.9 Å². The van der Waals surface area contributed by atoms with E-state index in [4.69, 9.17) is 10.00 Å². The molecule has 0 spiro atoms. The summed E-state index contributed by atoms with van der Waals surface area (Å²) < 4.78 is 5.53. The lowest BCUT2D eigenvalue weighted by Crippen LogP contribution is -2.15. The van der Waals surface area contributed by atoms with Crippen LogP contribution in [0.1, 0.15) is 12.0 Å². The van der Waals surface area contributed by atoms with Crippen molar-refractivity contribution in [2.75, 3.05) is 19.7 Å². The number of nitrogens with zero attached hydrogens (tertiary/aromatic N) is 2. The van der Waals surface area contributed by atoms with Gasteiger partial charge in [0.2, 0.25) is 5.88 Å². The zero-order valence-corrected chi connectivity index (χ0v) is 8.44. The highest BCUT2D eigenvalue weighted by molar-refractivity contribution is 5.31. The van der Waals surface area contributed by atoms with Crippen LogP contribution in [0.5, 0.6) is 5.88 Å². The Morgan fingerprint density at radius 3 is 3.33 bits per heavy atom. The van der Waals surface area contributed by atoms with Gasteiger partial charge in [0.25, 0.3) is 0 Å². The van der Waals surface area contributed by atoms with E-state index in [1.54, 1.807) is 18.3 Å². The minimum Gasteiger partial charge on any atom is -0.477 e. The summed E-state index contributed by atoms with van der Waals surface area (Å²) >= 11 is 0. The van der Waals surface area contributed by atoms with E-state index in [2.05, 4.69) is 16.4 Å². The molecule has 78 valence electrons. The van der Waals surface area contributed by atoms with Crippen molar-refractivity contribution in [3.63, 3.8) is 0 Å². The Morgan fingerprint density at radius 2 is 2.60 bits per heavy atom. The van der Waals surface area contributed by atoms with Crippen LogP contribution in [0.15, 0.2) is 18.3 Å². The van der Waals surface area contributed by atoms with Gasteiger partial charge in [0.15, 0.2) is 0 Å². The zero-order valence-electron chi connectivity index (χ0n) is 8.44. The summed E-state index contributed by atoms with van der Waals surface area (Å²) in [6.07, 6.45) is 2.75. The third-order valence-corrected chi connectivity index (χ3v) is 2.49. The number of pyridine rings is 1. The molecule has 4 nitrogen and oxygen atoms in total. The van der Waals surface area contributed by atoms with E-state index in [9.17, 15) is 0 Å². The molecule has 1 aromatic heterocycles. The summed E-state index contributed by atoms with van der Waals surface area (Å²) in [7, 11) is 0. The number of ether oxygens (including phenoxy) is 1. The van der Waals surface area contributed by atoms with Gasteiger partial charge in [-0.05, 0) is 19.0 Å². The molecule has 1 aliphatic rings. The Labute approximate surface area is 88.9 Å². The number of hydrogen-bond acceptors (Lipinski definition) is 4. The van der Waals surface area contributed by atoms with E-state index in [-0.39, 0.29) is 0 Å². The first-order valence-electron chi connectivity index (χ1n) is 5.08. The number of nitrogens with one attached hydrogen (secondary N) is 1. The molecule has 1 fully saturated rings. The minimum atomic E-state index is 0.543. The largest absolute Gasteiger partial charge is 0.477 e. The molecule has 0 aromatic carbocycles. The molecule has 0 radical (unpaired) electrons. The summed E-state index contributed by atoms with van der Waals surface area (Å²) in [6, 6.07) is 5.40. The molecular weight excluding hydrogens is 190 g/mol. The van der Waals surface area contributed by atoms with Crippen molar-refractivity contribution in [3.05, 3.63) is 23.9 Å². The highest BCUT2D eigenvalue weighted by Crippen LogP contribution is 2.12. The van der Waals surface area contributed by atoms with Gasteiger partial charge in [-0.15, -0.1) is 0 Å². The van der Waals surface area contributed by atoms with Crippen LogP contribution in [0.4, 0.5) is 0 Å². The fourth-order valence-corrected chi connectivity index (χ4v) is 1.62. The summed E-state index contributed by atoms with van der Waals surface area (Å²) in [6.45, 7) is 2.76. The summed E-state index contributed by atoms with van der Waals surface area (Å²) in [5.74, 6) is 1.11. The van der Waals surface area contributed by atoms with Crippen LogP contribution in [0.3, 0.4) is 0 Å². The van der Waals surface area contributed by atoms with Gasteiger partial charge < -0.3 is 10.1 Å². The maximum Gasteiger partial charge on any atom is 0.214 e. The summed E-state index contributed by atoms with van der Waals surface area (Å²) in [4.78, 5) is 4.05. The maximum absolute atomic E-state index is 8.70. The Hall–Kier alpha value is -1.60. The van der Waals surface area contributed by atoms with Crippen LogP contribution in [-0.2, 0) is 0 Å². The quantitative estimate of drug-likeness (QED) is 0.794. The van der Waals surface area contributed by atoms with Crippen LogP contribution >= 0.6 is 0 Å². The van der Waals surface area contributed by atoms with Crippen molar-refractivity contribution in [1.82, 2.24) is 10.3 Å². The van der Waals surface area contributed by atoms with Crippen LogP contribution in [0.25, 0.3) is 0 Å². The number of aromatic nitrogens is 1. The normalized spacial score (nSPS) is 19.8. The average molecular weight is 203 g/mol. The van der Waals surface area contributed by atoms with Crippen molar-refractivity contribution in [2.45, 2.75) is 6.42 Å². The van der Waals surface area contributed by atoms with Crippen LogP contribution in [0.2, 0.25) is 0 Å². The molecule has 0 unspecified atom stereocenters. The third-order valence-electron chi connectivity index (χ3n) is 2.49. The first kappa shape index (κ1) is 9.94. The molecule has 4 heteroatoms. The van der Waals surface area contributed by atoms with E-state index in [1.165, 1.54) is 0 Å². The molecule has 0 aliphatic carbocycles. The maximum atomic E-state index is 8.70. The van der Waals surface area contributed by atoms with E-state index in [0.29, 0.717) is 24.0 Å². The van der Waals surface area contributed by atoms with Crippen LogP contribution in [0, 0.1) is 17.2 Å². The van der Waals surface area contributed by atoms with Gasteiger partial charge >= 0.3 is 0 Å². The first-order valence-corrected chi connectivity index (χ1v) is 5.08. The smallest absolute Gasteiger partial charge is 0.214 e. The molecule has 2 heterocycles. The Kier molecular flexibility index (Phi) is 3.15. The first-order chi connectivity index (χ1) is 7.38. The molecule has 1 saturated heterocycles. The monoisotopic (exact) mass is 203 g/mol. The molecule has 1 atom stereocenters. The molecule has 1 aliphatic heterocycles. The second kappa shape index (κ2) is 4.76. The van der Waals surface area contributed by atoms with Crippen molar-refractivity contribution in [2.24, 2.45) is 5.92 Å². The van der Waals surface area contributed by atoms with E-state index >= 15 is 0 Å². The predicted molar refractivity (Wildman–Crippen MR) is 55.4 cm³/mol. The molecule has 0 saturated carbocycles. The molecule has 0 bridgehead atoms. The lowest BCUT2D eigenvalue weighted by Gasteiger charge is -2.09. The highest BCUT2D eigenvalue weighted by atomic mass is 16.5. The molecule has 2 rings (SSSR count). The zero-order chi connectivity index (χ0) is 10.5. The predicted octanol–water partition coefficient (Wildman–Crippen LogP) is 0.942. The van der Waals surface area contributed by atoms with Gasteiger partial charge in [0, 0.05) is 24.7 Å². The third kappa shape index (κ3) is 2.67. The van der Waals surface area contributed by atoms with Crippen molar-refractivity contribution in [1.29, 1.82) is 5.26 Å². The molecule has 0 amide bonds. The highest BCUT2D eigenvalue weighted by Gasteiger charge is 2.15. The SMILES string of the molecule is N#Cc1ccnc(OC[C@H]2CCNC2)c1. The van der Waals surface area contributed by atoms with E-state index < -0.39 is 0 Å². The lowest BCUT2D eigenvalue weighted by molar-refractivity contribution is 0.251. The van der Waals surface area contributed by atoms with E-state index in [0.717, 1.165) is 19.5 Å². The standard InChI is InChI=1S/C11H13N3O/c12-6-9-2-4-14-11(5-9)15-8-10-1-3-13-7-10/h2,4-5,10,13H,1,3,7-8H2/t10-/m0/s1. The van der Waals surface area contributed by atoms with Gasteiger partial charge in [-0.2, -0.15) is 5.26 Å². The Balaban J connectivity index is 1.90. The second-order valence-corrected chi connectivity index (χ2v) is 3.66. The number of rotatable bonds is 3. The lowest BCUT2D eigenvalue weighted by atomic mass is 10.1. The van der Waals surface area contributed by atoms with Gasteiger partial charge in [0.1, 0.15) is 0 Å². The van der Waals surface area contributed by atoms with Gasteiger partial charge in [-0.25, -0.2) is 4.98 Å². The Bertz CT molecular complexity index is 366. The van der Waals surface area contributed by atoms with Gasteiger partial charge in [-0.1, -0.05) is 0 Å². The summed E-state index contributed by atoms with van der Waals surface area (Å²) in [5.41, 5.74) is 0.588. The van der Waals surface area contributed by atoms with Crippen LogP contribution in [-0.4, -0.2) is 24.7 Å². The van der Waals surface area contributed by atoms with Crippen molar-refractivity contribution < 1.29 is 4.74 Å². The molecule has 1 N–H and O–H groups in total. The van der Waals surface area contributed by atoms with Crippen LogP contribution < -0.4 is 10.1 Å². The van der Waals surface area contributed by atoms with Crippen molar-refractivity contribution in [3.8, 4) is 11.9 Å². The fourth-order valence-electron chi connectivity index (χ4n) is 1.62. The van der Waals surface area contributed by atoms with E-state index in [1.807, 2.05) is 0 Å². The van der Waals surface area contributed by atoms with Crippen molar-refractivity contribution >= 4 is 0 Å². The second-order valence-electron chi connectivity index (χ2n) is 3.66. The Morgan fingerprint density at radius 1 is 1.67 bits per heavy atom. The number of hydrogen-bond donors (Lipinski definition) is 1. The number of nitriles is 1. The fraction of sp³-hybridized carbons (Fsp3) is 0.455. The molecule has 1 aromatic rings. The van der Waals surface area contributed by atoms with Gasteiger partial charge in [-0.3, -0.25) is 0 Å². The average Bonchev–Trinajstić information content (AvgIpc) is 2.79. The minimum absolute atomic E-state index is 0.543. The molecular formula is C11H13N3O. The van der Waals surface area contributed by atoms with Gasteiger partial charge in [0.05, 0.1) is 18.2 Å². The molecule has 15 heavy (non-hydrogen) atoms.